The number of nitrogens with zero attached hydrogens (tertiary/aromatic N) is 1. The summed E-state index contributed by atoms with van der Waals surface area (Å²) in [5.74, 6) is 1.14. The van der Waals surface area contributed by atoms with E-state index in [4.69, 9.17) is 9.47 Å². The van der Waals surface area contributed by atoms with Gasteiger partial charge in [0, 0.05) is 16.2 Å². The monoisotopic (exact) mass is 468 g/mol. The van der Waals surface area contributed by atoms with Gasteiger partial charge in [-0.3, -0.25) is 9.78 Å². The highest BCUT2D eigenvalue weighted by molar-refractivity contribution is 9.10. The summed E-state index contributed by atoms with van der Waals surface area (Å²) in [6.45, 7) is 7.76. The van der Waals surface area contributed by atoms with E-state index in [9.17, 15) is 4.79 Å². The Kier molecular flexibility index (Phi) is 7.24. The van der Waals surface area contributed by atoms with E-state index in [1.54, 1.807) is 12.1 Å². The fraction of sp³-hybridized carbons (Fsp3) is 0.250. The minimum atomic E-state index is -0.218. The molecule has 0 aliphatic rings. The third-order valence-electron chi connectivity index (χ3n) is 4.39. The van der Waals surface area contributed by atoms with Crippen LogP contribution in [0.5, 0.6) is 11.5 Å². The fourth-order valence-electron chi connectivity index (χ4n) is 3.00. The van der Waals surface area contributed by atoms with Crippen molar-refractivity contribution in [1.82, 2.24) is 4.98 Å². The maximum absolute atomic E-state index is 12.8. The largest absolute Gasteiger partial charge is 0.457 e. The van der Waals surface area contributed by atoms with E-state index in [1.807, 2.05) is 76.2 Å². The molecule has 5 nitrogen and oxygen atoms in total. The number of hydrogen-bond acceptors (Lipinski definition) is 4. The molecule has 3 aromatic rings. The van der Waals surface area contributed by atoms with Gasteiger partial charge in [0.2, 0.25) is 0 Å². The highest BCUT2D eigenvalue weighted by atomic mass is 79.9. The van der Waals surface area contributed by atoms with E-state index >= 15 is 0 Å². The van der Waals surface area contributed by atoms with Crippen LogP contribution >= 0.6 is 15.9 Å². The number of aryl methyl sites for hydroxylation is 1. The first kappa shape index (κ1) is 22.0. The van der Waals surface area contributed by atoms with Crippen molar-refractivity contribution in [2.45, 2.75) is 39.9 Å². The van der Waals surface area contributed by atoms with Gasteiger partial charge in [-0.15, -0.1) is 0 Å². The van der Waals surface area contributed by atoms with Gasteiger partial charge in [0.15, 0.2) is 0 Å². The summed E-state index contributed by atoms with van der Waals surface area (Å²) in [4.78, 5) is 17.3. The van der Waals surface area contributed by atoms with Crippen LogP contribution in [0, 0.1) is 6.92 Å². The predicted octanol–water partition coefficient (Wildman–Crippen LogP) is 6.68. The number of pyridine rings is 1. The molecule has 0 spiro atoms. The van der Waals surface area contributed by atoms with Crippen LogP contribution in [0.4, 0.5) is 5.69 Å². The molecule has 0 bridgehead atoms. The van der Waals surface area contributed by atoms with Gasteiger partial charge >= 0.3 is 0 Å². The Morgan fingerprint density at radius 2 is 1.73 bits per heavy atom. The Balaban J connectivity index is 1.70. The molecule has 1 aromatic heterocycles. The van der Waals surface area contributed by atoms with Crippen molar-refractivity contribution in [3.05, 3.63) is 82.1 Å². The summed E-state index contributed by atoms with van der Waals surface area (Å²) in [5.41, 5.74) is 2.64. The van der Waals surface area contributed by atoms with Crippen LogP contribution in [-0.4, -0.2) is 17.0 Å². The Morgan fingerprint density at radius 1 is 1.00 bits per heavy atom. The summed E-state index contributed by atoms with van der Waals surface area (Å²) in [5, 5.41) is 2.92. The van der Waals surface area contributed by atoms with Crippen LogP contribution < -0.4 is 10.1 Å². The molecule has 156 valence electrons. The highest BCUT2D eigenvalue weighted by Crippen LogP contribution is 2.26. The Morgan fingerprint density at radius 3 is 2.40 bits per heavy atom. The number of carbonyl (C=O) groups excluding carboxylic acids is 1. The van der Waals surface area contributed by atoms with Crippen LogP contribution in [0.25, 0.3) is 0 Å². The van der Waals surface area contributed by atoms with E-state index in [0.29, 0.717) is 22.7 Å². The minimum absolute atomic E-state index is 0.108. The van der Waals surface area contributed by atoms with Crippen LogP contribution in [0.2, 0.25) is 0 Å². The van der Waals surface area contributed by atoms with Crippen LogP contribution in [0.1, 0.15) is 48.6 Å². The third-order valence-corrected chi connectivity index (χ3v) is 4.91. The van der Waals surface area contributed by atoms with E-state index in [-0.39, 0.29) is 18.1 Å². The molecule has 0 radical (unpaired) electrons. The molecule has 6 heteroatoms. The van der Waals surface area contributed by atoms with Crippen LogP contribution in [0.15, 0.2) is 65.1 Å². The fourth-order valence-corrected chi connectivity index (χ4v) is 3.26. The zero-order valence-electron chi connectivity index (χ0n) is 17.5. The number of anilines is 1. The maximum atomic E-state index is 12.8. The molecular weight excluding hydrogens is 444 g/mol. The van der Waals surface area contributed by atoms with E-state index in [0.717, 1.165) is 15.9 Å². The number of nitrogens with one attached hydrogen (secondary N) is 1. The van der Waals surface area contributed by atoms with Gasteiger partial charge in [-0.1, -0.05) is 22.0 Å². The van der Waals surface area contributed by atoms with Crippen LogP contribution in [0.3, 0.4) is 0 Å². The first-order valence-electron chi connectivity index (χ1n) is 9.79. The second kappa shape index (κ2) is 9.87. The molecule has 0 saturated carbocycles. The molecular formula is C24H25BrN2O3. The topological polar surface area (TPSA) is 60.5 Å². The Bertz CT molecular complexity index is 1020. The molecule has 30 heavy (non-hydrogen) atoms. The van der Waals surface area contributed by atoms with Gasteiger partial charge < -0.3 is 14.8 Å². The van der Waals surface area contributed by atoms with E-state index < -0.39 is 0 Å². The molecule has 1 amide bonds. The first-order chi connectivity index (χ1) is 14.3. The van der Waals surface area contributed by atoms with Crippen molar-refractivity contribution in [3.63, 3.8) is 0 Å². The SMILES string of the molecule is Cc1nc(C(C)OC(C)C)ccc1C(=O)Nc1cccc(Oc2ccc(Br)cc2)c1. The summed E-state index contributed by atoms with van der Waals surface area (Å²) in [6, 6.07) is 18.5. The standard InChI is InChI=1S/C24H25BrN2O3/c1-15(2)29-17(4)23-13-12-22(16(3)26-23)24(28)27-19-6-5-7-21(14-19)30-20-10-8-18(25)9-11-20/h5-15,17H,1-4H3,(H,27,28). The molecule has 0 saturated heterocycles. The zero-order valence-corrected chi connectivity index (χ0v) is 19.1. The summed E-state index contributed by atoms with van der Waals surface area (Å²) in [6.07, 6.45) is -0.0229. The summed E-state index contributed by atoms with van der Waals surface area (Å²) in [7, 11) is 0. The van der Waals surface area contributed by atoms with Crippen LogP contribution in [-0.2, 0) is 4.74 Å². The van der Waals surface area contributed by atoms with Crippen molar-refractivity contribution >= 4 is 27.5 Å². The van der Waals surface area contributed by atoms with Crippen molar-refractivity contribution in [2.24, 2.45) is 0 Å². The smallest absolute Gasteiger partial charge is 0.257 e. The quantitative estimate of drug-likeness (QED) is 0.419. The molecule has 0 aliphatic carbocycles. The minimum Gasteiger partial charge on any atom is -0.457 e. The van der Waals surface area contributed by atoms with Crippen molar-refractivity contribution in [1.29, 1.82) is 0 Å². The first-order valence-corrected chi connectivity index (χ1v) is 10.6. The van der Waals surface area contributed by atoms with E-state index in [1.165, 1.54) is 0 Å². The molecule has 1 atom stereocenters. The second-order valence-corrected chi connectivity index (χ2v) is 8.15. The number of ether oxygens (including phenoxy) is 2. The van der Waals surface area contributed by atoms with E-state index in [2.05, 4.69) is 26.2 Å². The van der Waals surface area contributed by atoms with Gasteiger partial charge in [-0.05, 0) is 76.2 Å². The number of amides is 1. The summed E-state index contributed by atoms with van der Waals surface area (Å²) >= 11 is 3.40. The van der Waals surface area contributed by atoms with Crippen molar-refractivity contribution in [3.8, 4) is 11.5 Å². The lowest BCUT2D eigenvalue weighted by atomic mass is 10.1. The zero-order chi connectivity index (χ0) is 21.7. The lowest BCUT2D eigenvalue weighted by Crippen LogP contribution is -2.16. The number of halogens is 1. The predicted molar refractivity (Wildman–Crippen MR) is 122 cm³/mol. The Labute approximate surface area is 185 Å². The van der Waals surface area contributed by atoms with Gasteiger partial charge in [-0.25, -0.2) is 0 Å². The van der Waals surface area contributed by atoms with Crippen molar-refractivity contribution < 1.29 is 14.3 Å². The van der Waals surface area contributed by atoms with Gasteiger partial charge in [0.05, 0.1) is 29.2 Å². The number of rotatable bonds is 7. The number of hydrogen-bond donors (Lipinski definition) is 1. The number of benzene rings is 2. The molecule has 3 rings (SSSR count). The van der Waals surface area contributed by atoms with Gasteiger partial charge in [-0.2, -0.15) is 0 Å². The molecule has 1 unspecified atom stereocenters. The molecule has 1 heterocycles. The highest BCUT2D eigenvalue weighted by Gasteiger charge is 2.15. The van der Waals surface area contributed by atoms with Gasteiger partial charge in [0.25, 0.3) is 5.91 Å². The molecule has 0 aliphatic heterocycles. The molecule has 2 aromatic carbocycles. The van der Waals surface area contributed by atoms with Gasteiger partial charge in [0.1, 0.15) is 11.5 Å². The normalized spacial score (nSPS) is 11.9. The Hall–Kier alpha value is -2.70. The average molecular weight is 469 g/mol. The number of carbonyl (C=O) groups is 1. The molecule has 0 fully saturated rings. The third kappa shape index (κ3) is 5.90. The number of aromatic nitrogens is 1. The maximum Gasteiger partial charge on any atom is 0.257 e. The average Bonchev–Trinajstić information content (AvgIpc) is 2.69. The second-order valence-electron chi connectivity index (χ2n) is 7.23. The van der Waals surface area contributed by atoms with Crippen molar-refractivity contribution in [2.75, 3.05) is 5.32 Å². The lowest BCUT2D eigenvalue weighted by Gasteiger charge is -2.17. The summed E-state index contributed by atoms with van der Waals surface area (Å²) < 4.78 is 12.6. The lowest BCUT2D eigenvalue weighted by molar-refractivity contribution is 0.0154. The molecule has 1 N–H and O–H groups in total.